The van der Waals surface area contributed by atoms with Crippen molar-refractivity contribution in [1.29, 1.82) is 0 Å². The molecular weight excluding hydrogens is 861 g/mol. The van der Waals surface area contributed by atoms with Crippen molar-refractivity contribution in [2.24, 2.45) is 0 Å². The second-order valence-electron chi connectivity index (χ2n) is 19.1. The molecule has 0 aliphatic rings. The smallest absolute Gasteiger partial charge is 0.306 e. The lowest BCUT2D eigenvalue weighted by molar-refractivity contribution is -0.163. The summed E-state index contributed by atoms with van der Waals surface area (Å²) >= 11 is 0. The van der Waals surface area contributed by atoms with Gasteiger partial charge in [-0.25, -0.2) is 0 Å². The number of ether oxygens (including phenoxy) is 3. The predicted molar refractivity (Wildman–Crippen MR) is 306 cm³/mol. The largest absolute Gasteiger partial charge is 0.462 e. The van der Waals surface area contributed by atoms with Crippen LogP contribution in [0.25, 0.3) is 0 Å². The van der Waals surface area contributed by atoms with Crippen LogP contribution < -0.4 is 0 Å². The van der Waals surface area contributed by atoms with Gasteiger partial charge in [0.05, 0.1) is 6.61 Å². The van der Waals surface area contributed by atoms with E-state index in [9.17, 15) is 9.59 Å². The molecule has 0 radical (unpaired) electrons. The summed E-state index contributed by atoms with van der Waals surface area (Å²) in [5, 5.41) is 0. The van der Waals surface area contributed by atoms with E-state index in [0.29, 0.717) is 19.4 Å². The molecule has 0 aromatic rings. The summed E-state index contributed by atoms with van der Waals surface area (Å²) in [4.78, 5) is 25.5. The number of carbonyl (C=O) groups excluding carboxylic acids is 2. The highest BCUT2D eigenvalue weighted by Crippen LogP contribution is 2.14. The summed E-state index contributed by atoms with van der Waals surface area (Å²) in [5.74, 6) is -0.433. The van der Waals surface area contributed by atoms with Gasteiger partial charge in [-0.05, 0) is 122 Å². The first-order valence-electron chi connectivity index (χ1n) is 29.4. The normalized spacial score (nSPS) is 13.0. The van der Waals surface area contributed by atoms with Gasteiger partial charge in [0.25, 0.3) is 0 Å². The number of hydrogen-bond acceptors (Lipinski definition) is 5. The molecule has 0 saturated carbocycles. The molecule has 0 aromatic carbocycles. The van der Waals surface area contributed by atoms with E-state index in [-0.39, 0.29) is 25.2 Å². The molecule has 400 valence electrons. The number of rotatable bonds is 53. The number of hydrogen-bond donors (Lipinski definition) is 0. The Morgan fingerprint density at radius 1 is 0.329 bits per heavy atom. The van der Waals surface area contributed by atoms with Crippen LogP contribution >= 0.6 is 0 Å². The van der Waals surface area contributed by atoms with Gasteiger partial charge < -0.3 is 14.2 Å². The van der Waals surface area contributed by atoms with Crippen molar-refractivity contribution in [3.05, 3.63) is 109 Å². The average molecular weight is 972 g/mol. The summed E-state index contributed by atoms with van der Waals surface area (Å²) in [7, 11) is 0. The lowest BCUT2D eigenvalue weighted by Crippen LogP contribution is -2.30. The van der Waals surface area contributed by atoms with Gasteiger partial charge >= 0.3 is 11.9 Å². The Bertz CT molecular complexity index is 1380. The molecule has 0 aliphatic carbocycles. The zero-order valence-corrected chi connectivity index (χ0v) is 46.0. The molecule has 1 atom stereocenters. The molecule has 0 rings (SSSR count). The molecule has 0 aliphatic heterocycles. The van der Waals surface area contributed by atoms with Crippen LogP contribution in [0, 0.1) is 0 Å². The highest BCUT2D eigenvalue weighted by atomic mass is 16.6. The molecule has 0 saturated heterocycles. The zero-order valence-electron chi connectivity index (χ0n) is 46.0. The molecule has 0 fully saturated rings. The van der Waals surface area contributed by atoms with Gasteiger partial charge in [0.1, 0.15) is 6.61 Å². The summed E-state index contributed by atoms with van der Waals surface area (Å²) in [6.45, 7) is 7.53. The van der Waals surface area contributed by atoms with Crippen molar-refractivity contribution in [2.45, 2.75) is 271 Å². The standard InChI is InChI=1S/C65H110O5/c1-4-7-10-13-16-19-22-25-28-30-32-34-36-39-42-45-48-51-54-57-60-68-61-63(70-65(67)59-56-53-50-47-44-41-37-27-24-21-18-15-12-9-6-3)62-69-64(66)58-55-52-49-46-43-40-38-35-33-31-29-26-23-20-17-14-11-8-5-2/h7,9-10,12,16,18-19,21,25-29,32,34,37,39,42,63H,4-6,8,11,13-15,17,20,22-24,30-31,33,35-36,38,40-41,43-62H2,1-3H3/b10-7-,12-9-,19-16-,21-18-,28-25-,29-26-,34-32-,37-27-,42-39-. The van der Waals surface area contributed by atoms with Crippen molar-refractivity contribution in [3.63, 3.8) is 0 Å². The highest BCUT2D eigenvalue weighted by Gasteiger charge is 2.17. The van der Waals surface area contributed by atoms with Crippen LogP contribution in [0.15, 0.2) is 109 Å². The van der Waals surface area contributed by atoms with Crippen molar-refractivity contribution in [2.75, 3.05) is 19.8 Å². The van der Waals surface area contributed by atoms with Crippen LogP contribution in [0.3, 0.4) is 0 Å². The maximum Gasteiger partial charge on any atom is 0.306 e. The molecule has 0 N–H and O–H groups in total. The third-order valence-corrected chi connectivity index (χ3v) is 12.3. The lowest BCUT2D eigenvalue weighted by Gasteiger charge is -2.18. The molecule has 5 nitrogen and oxygen atoms in total. The SMILES string of the molecule is CC/C=C\C/C=C\C/C=C\C/C=C\C/C=C\CCCCCCOCC(COC(=O)CCCCCCCCCCC/C=C\CCCCCCCC)OC(=O)CCCCCCC/C=C\C/C=C\C/C=C\CC. The van der Waals surface area contributed by atoms with Gasteiger partial charge in [0.15, 0.2) is 6.10 Å². The Balaban J connectivity index is 4.35. The quantitative estimate of drug-likeness (QED) is 0.0345. The van der Waals surface area contributed by atoms with Crippen molar-refractivity contribution >= 4 is 11.9 Å². The van der Waals surface area contributed by atoms with E-state index in [1.54, 1.807) is 0 Å². The van der Waals surface area contributed by atoms with Crippen molar-refractivity contribution in [1.82, 2.24) is 0 Å². The maximum absolute atomic E-state index is 12.9. The second-order valence-corrected chi connectivity index (χ2v) is 19.1. The summed E-state index contributed by atoms with van der Waals surface area (Å²) in [6, 6.07) is 0. The number of unbranched alkanes of at least 4 members (excludes halogenated alkanes) is 24. The molecule has 5 heteroatoms. The van der Waals surface area contributed by atoms with E-state index in [2.05, 4.69) is 130 Å². The first kappa shape index (κ1) is 66.6. The fraction of sp³-hybridized carbons (Fsp3) is 0.692. The zero-order chi connectivity index (χ0) is 50.6. The Morgan fingerprint density at radius 2 is 0.643 bits per heavy atom. The van der Waals surface area contributed by atoms with E-state index in [1.807, 2.05) is 0 Å². The number of esters is 2. The summed E-state index contributed by atoms with van der Waals surface area (Å²) < 4.78 is 17.5. The number of carbonyl (C=O) groups is 2. The van der Waals surface area contributed by atoms with Crippen molar-refractivity contribution < 1.29 is 23.8 Å². The van der Waals surface area contributed by atoms with E-state index < -0.39 is 6.10 Å². The van der Waals surface area contributed by atoms with Crippen LogP contribution in [0.1, 0.15) is 265 Å². The van der Waals surface area contributed by atoms with Crippen LogP contribution in [-0.2, 0) is 23.8 Å². The van der Waals surface area contributed by atoms with Gasteiger partial charge in [-0.3, -0.25) is 9.59 Å². The van der Waals surface area contributed by atoms with Gasteiger partial charge in [0, 0.05) is 19.4 Å². The lowest BCUT2D eigenvalue weighted by atomic mass is 10.1. The summed E-state index contributed by atoms with van der Waals surface area (Å²) in [5.41, 5.74) is 0. The minimum atomic E-state index is -0.567. The van der Waals surface area contributed by atoms with E-state index in [1.165, 1.54) is 116 Å². The Labute approximate surface area is 434 Å². The molecule has 1 unspecified atom stereocenters. The topological polar surface area (TPSA) is 61.8 Å². The summed E-state index contributed by atoms with van der Waals surface area (Å²) in [6.07, 6.45) is 82.6. The fourth-order valence-electron chi connectivity index (χ4n) is 7.96. The monoisotopic (exact) mass is 971 g/mol. The van der Waals surface area contributed by atoms with Crippen LogP contribution in [-0.4, -0.2) is 37.9 Å². The second kappa shape index (κ2) is 59.9. The first-order valence-corrected chi connectivity index (χ1v) is 29.4. The minimum absolute atomic E-state index is 0.0615. The molecule has 0 amide bonds. The third-order valence-electron chi connectivity index (χ3n) is 12.3. The minimum Gasteiger partial charge on any atom is -0.462 e. The maximum atomic E-state index is 12.9. The van der Waals surface area contributed by atoms with Crippen LogP contribution in [0.2, 0.25) is 0 Å². The Kier molecular flexibility index (Phi) is 56.9. The molecule has 0 spiro atoms. The van der Waals surface area contributed by atoms with Crippen LogP contribution in [0.4, 0.5) is 0 Å². The Hall–Kier alpha value is -3.44. The average Bonchev–Trinajstić information content (AvgIpc) is 3.36. The van der Waals surface area contributed by atoms with Gasteiger partial charge in [-0.15, -0.1) is 0 Å². The molecule has 0 bridgehead atoms. The van der Waals surface area contributed by atoms with Gasteiger partial charge in [-0.1, -0.05) is 239 Å². The third kappa shape index (κ3) is 57.1. The van der Waals surface area contributed by atoms with E-state index >= 15 is 0 Å². The predicted octanol–water partition coefficient (Wildman–Crippen LogP) is 20.3. The van der Waals surface area contributed by atoms with Crippen LogP contribution in [0.5, 0.6) is 0 Å². The molecule has 0 aromatic heterocycles. The Morgan fingerprint density at radius 3 is 1.04 bits per heavy atom. The molecule has 0 heterocycles. The van der Waals surface area contributed by atoms with Crippen molar-refractivity contribution in [3.8, 4) is 0 Å². The fourth-order valence-corrected chi connectivity index (χ4v) is 7.96. The van der Waals surface area contributed by atoms with E-state index in [0.717, 1.165) is 116 Å². The molecular formula is C65H110O5. The first-order chi connectivity index (χ1) is 34.6. The molecule has 70 heavy (non-hydrogen) atoms. The highest BCUT2D eigenvalue weighted by molar-refractivity contribution is 5.70. The number of allylic oxidation sites excluding steroid dienone is 18. The van der Waals surface area contributed by atoms with E-state index in [4.69, 9.17) is 14.2 Å². The van der Waals surface area contributed by atoms with Gasteiger partial charge in [-0.2, -0.15) is 0 Å². The van der Waals surface area contributed by atoms with Gasteiger partial charge in [0.2, 0.25) is 0 Å².